The van der Waals surface area contributed by atoms with Crippen LogP contribution in [0.5, 0.6) is 0 Å². The summed E-state index contributed by atoms with van der Waals surface area (Å²) in [5, 5.41) is 3.44. The summed E-state index contributed by atoms with van der Waals surface area (Å²) in [6.45, 7) is 9.16. The maximum atomic E-state index is 3.44. The first-order valence-electron chi connectivity index (χ1n) is 6.49. The fraction of sp³-hybridized carbons (Fsp3) is 0.600. The molecule has 16 heavy (non-hydrogen) atoms. The van der Waals surface area contributed by atoms with E-state index in [1.54, 1.807) is 11.1 Å². The molecule has 1 aromatic carbocycles. The van der Waals surface area contributed by atoms with Crippen LogP contribution < -0.4 is 5.32 Å². The molecule has 0 atom stereocenters. The molecule has 1 aliphatic rings. The number of piperidine rings is 1. The van der Waals surface area contributed by atoms with Gasteiger partial charge in [-0.2, -0.15) is 0 Å². The van der Waals surface area contributed by atoms with Crippen molar-refractivity contribution in [2.45, 2.75) is 45.4 Å². The summed E-state index contributed by atoms with van der Waals surface area (Å²) in [6, 6.07) is 7.01. The van der Waals surface area contributed by atoms with E-state index in [9.17, 15) is 0 Å². The Labute approximate surface area is 99.3 Å². The van der Waals surface area contributed by atoms with E-state index in [0.29, 0.717) is 5.92 Å². The van der Waals surface area contributed by atoms with Crippen LogP contribution in [0.25, 0.3) is 0 Å². The Hall–Kier alpha value is -0.820. The maximum Gasteiger partial charge on any atom is -0.00431 e. The quantitative estimate of drug-likeness (QED) is 0.798. The Morgan fingerprint density at radius 3 is 2.50 bits per heavy atom. The molecule has 1 N–H and O–H groups in total. The molecule has 1 heteroatoms. The van der Waals surface area contributed by atoms with Gasteiger partial charge in [0.1, 0.15) is 0 Å². The summed E-state index contributed by atoms with van der Waals surface area (Å²) >= 11 is 0. The average molecular weight is 217 g/mol. The third-order valence-electron chi connectivity index (χ3n) is 3.64. The van der Waals surface area contributed by atoms with E-state index in [4.69, 9.17) is 0 Å². The minimum atomic E-state index is 0.643. The molecule has 1 saturated heterocycles. The zero-order chi connectivity index (χ0) is 11.5. The molecule has 0 spiro atoms. The van der Waals surface area contributed by atoms with Gasteiger partial charge in [0, 0.05) is 0 Å². The summed E-state index contributed by atoms with van der Waals surface area (Å²) in [7, 11) is 0. The van der Waals surface area contributed by atoms with E-state index in [1.165, 1.54) is 31.5 Å². The molecule has 1 aromatic rings. The molecule has 0 bridgehead atoms. The zero-order valence-electron chi connectivity index (χ0n) is 10.7. The summed E-state index contributed by atoms with van der Waals surface area (Å²) in [5.41, 5.74) is 4.55. The van der Waals surface area contributed by atoms with Gasteiger partial charge >= 0.3 is 0 Å². The van der Waals surface area contributed by atoms with E-state index in [0.717, 1.165) is 5.92 Å². The van der Waals surface area contributed by atoms with Gasteiger partial charge in [0.05, 0.1) is 0 Å². The van der Waals surface area contributed by atoms with E-state index in [2.05, 4.69) is 44.3 Å². The summed E-state index contributed by atoms with van der Waals surface area (Å²) < 4.78 is 0. The Morgan fingerprint density at radius 2 is 1.88 bits per heavy atom. The second-order valence-corrected chi connectivity index (χ2v) is 5.31. The number of benzene rings is 1. The van der Waals surface area contributed by atoms with Crippen LogP contribution in [0.15, 0.2) is 18.2 Å². The highest BCUT2D eigenvalue weighted by Gasteiger charge is 2.19. The predicted molar refractivity (Wildman–Crippen MR) is 70.1 cm³/mol. The molecule has 2 rings (SSSR count). The minimum absolute atomic E-state index is 0.643. The normalized spacial score (nSPS) is 18.0. The second-order valence-electron chi connectivity index (χ2n) is 5.31. The molecule has 88 valence electrons. The maximum absolute atomic E-state index is 3.44. The standard InChI is InChI=1S/C15H23N/c1-11(2)15-10-12(3)4-5-14(15)13-6-8-16-9-7-13/h4-5,10-11,13,16H,6-9H2,1-3H3. The van der Waals surface area contributed by atoms with Crippen molar-refractivity contribution in [2.24, 2.45) is 0 Å². The van der Waals surface area contributed by atoms with Crippen LogP contribution in [0.2, 0.25) is 0 Å². The van der Waals surface area contributed by atoms with Gasteiger partial charge in [0.2, 0.25) is 0 Å². The molecule has 1 fully saturated rings. The number of nitrogens with one attached hydrogen (secondary N) is 1. The Morgan fingerprint density at radius 1 is 1.19 bits per heavy atom. The zero-order valence-corrected chi connectivity index (χ0v) is 10.7. The van der Waals surface area contributed by atoms with Gasteiger partial charge in [-0.25, -0.2) is 0 Å². The van der Waals surface area contributed by atoms with E-state index < -0.39 is 0 Å². The molecule has 0 radical (unpaired) electrons. The minimum Gasteiger partial charge on any atom is -0.317 e. The fourth-order valence-electron chi connectivity index (χ4n) is 2.70. The van der Waals surface area contributed by atoms with Gasteiger partial charge < -0.3 is 5.32 Å². The van der Waals surface area contributed by atoms with Gasteiger partial charge in [-0.1, -0.05) is 37.6 Å². The molecule has 0 aromatic heterocycles. The lowest BCUT2D eigenvalue weighted by Gasteiger charge is -2.26. The monoisotopic (exact) mass is 217 g/mol. The van der Waals surface area contributed by atoms with Gasteiger partial charge in [0.15, 0.2) is 0 Å². The third-order valence-corrected chi connectivity index (χ3v) is 3.64. The Kier molecular flexibility index (Phi) is 3.65. The molecular weight excluding hydrogens is 194 g/mol. The molecule has 0 saturated carbocycles. The van der Waals surface area contributed by atoms with Crippen LogP contribution in [0.3, 0.4) is 0 Å². The first-order chi connectivity index (χ1) is 7.68. The number of hydrogen-bond donors (Lipinski definition) is 1. The summed E-state index contributed by atoms with van der Waals surface area (Å²) in [4.78, 5) is 0. The van der Waals surface area contributed by atoms with Crippen molar-refractivity contribution in [3.05, 3.63) is 34.9 Å². The van der Waals surface area contributed by atoms with Crippen molar-refractivity contribution in [3.63, 3.8) is 0 Å². The van der Waals surface area contributed by atoms with Crippen molar-refractivity contribution >= 4 is 0 Å². The summed E-state index contributed by atoms with van der Waals surface area (Å²) in [6.07, 6.45) is 2.59. The van der Waals surface area contributed by atoms with Crippen LogP contribution in [-0.2, 0) is 0 Å². The van der Waals surface area contributed by atoms with Crippen molar-refractivity contribution < 1.29 is 0 Å². The van der Waals surface area contributed by atoms with E-state index in [-0.39, 0.29) is 0 Å². The number of rotatable bonds is 2. The number of hydrogen-bond acceptors (Lipinski definition) is 1. The first kappa shape index (κ1) is 11.7. The highest BCUT2D eigenvalue weighted by molar-refractivity contribution is 5.36. The predicted octanol–water partition coefficient (Wildman–Crippen LogP) is 3.59. The van der Waals surface area contributed by atoms with Crippen LogP contribution in [0, 0.1) is 6.92 Å². The highest BCUT2D eigenvalue weighted by Crippen LogP contribution is 2.32. The molecule has 0 unspecified atom stereocenters. The van der Waals surface area contributed by atoms with Gasteiger partial charge in [0.25, 0.3) is 0 Å². The SMILES string of the molecule is Cc1ccc(C2CCNCC2)c(C(C)C)c1. The lowest BCUT2D eigenvalue weighted by atomic mass is 9.83. The molecular formula is C15H23N. The van der Waals surface area contributed by atoms with Crippen LogP contribution in [-0.4, -0.2) is 13.1 Å². The van der Waals surface area contributed by atoms with Crippen molar-refractivity contribution in [2.75, 3.05) is 13.1 Å². The molecule has 1 heterocycles. The fourth-order valence-corrected chi connectivity index (χ4v) is 2.70. The van der Waals surface area contributed by atoms with Crippen molar-refractivity contribution in [1.82, 2.24) is 5.32 Å². The highest BCUT2D eigenvalue weighted by atomic mass is 14.9. The number of aryl methyl sites for hydroxylation is 1. The van der Waals surface area contributed by atoms with Gasteiger partial charge in [-0.3, -0.25) is 0 Å². The second kappa shape index (κ2) is 5.01. The molecule has 1 aliphatic heterocycles. The lowest BCUT2D eigenvalue weighted by molar-refractivity contribution is 0.457. The Balaban J connectivity index is 2.31. The smallest absolute Gasteiger partial charge is 0.00431 e. The topological polar surface area (TPSA) is 12.0 Å². The summed E-state index contributed by atoms with van der Waals surface area (Å²) in [5.74, 6) is 1.42. The van der Waals surface area contributed by atoms with Crippen molar-refractivity contribution in [3.8, 4) is 0 Å². The van der Waals surface area contributed by atoms with Crippen LogP contribution in [0.1, 0.15) is 55.2 Å². The van der Waals surface area contributed by atoms with E-state index >= 15 is 0 Å². The van der Waals surface area contributed by atoms with E-state index in [1.807, 2.05) is 0 Å². The van der Waals surface area contributed by atoms with Crippen LogP contribution in [0.4, 0.5) is 0 Å². The molecule has 1 nitrogen and oxygen atoms in total. The average Bonchev–Trinajstić information content (AvgIpc) is 2.30. The first-order valence-corrected chi connectivity index (χ1v) is 6.49. The lowest BCUT2D eigenvalue weighted by Crippen LogP contribution is -2.27. The third kappa shape index (κ3) is 2.46. The Bertz CT molecular complexity index is 348. The largest absolute Gasteiger partial charge is 0.317 e. The van der Waals surface area contributed by atoms with Crippen molar-refractivity contribution in [1.29, 1.82) is 0 Å². The van der Waals surface area contributed by atoms with Gasteiger partial charge in [-0.15, -0.1) is 0 Å². The van der Waals surface area contributed by atoms with Gasteiger partial charge in [-0.05, 0) is 55.8 Å². The molecule has 0 aliphatic carbocycles. The molecule has 0 amide bonds. The van der Waals surface area contributed by atoms with Crippen LogP contribution >= 0.6 is 0 Å².